The van der Waals surface area contributed by atoms with Crippen molar-refractivity contribution in [1.82, 2.24) is 0 Å². The van der Waals surface area contributed by atoms with Crippen LogP contribution in [0.2, 0.25) is 0 Å². The Kier molecular flexibility index (Phi) is 4.65. The third-order valence-electron chi connectivity index (χ3n) is 5.87. The molecule has 0 unspecified atom stereocenters. The molecule has 3 atom stereocenters. The molecule has 1 aromatic rings. The molecule has 0 aromatic heterocycles. The van der Waals surface area contributed by atoms with Crippen molar-refractivity contribution in [2.75, 3.05) is 0 Å². The van der Waals surface area contributed by atoms with E-state index in [4.69, 9.17) is 0 Å². The molecule has 0 saturated carbocycles. The molecule has 2 aliphatic carbocycles. The molecule has 0 radical (unpaired) electrons. The van der Waals surface area contributed by atoms with E-state index in [0.29, 0.717) is 12.3 Å². The number of benzene rings is 1. The molecular weight excluding hydrogens is 304 g/mol. The number of allylic oxidation sites excluding steroid dienone is 5. The van der Waals surface area contributed by atoms with Gasteiger partial charge in [0.15, 0.2) is 5.41 Å². The molecule has 0 N–H and O–H groups in total. The van der Waals surface area contributed by atoms with Crippen LogP contribution in [0.3, 0.4) is 0 Å². The van der Waals surface area contributed by atoms with E-state index in [-0.39, 0.29) is 11.8 Å². The number of hydrogen-bond donors (Lipinski definition) is 0. The minimum Gasteiger partial charge on any atom is -0.196 e. The monoisotopic (exact) mass is 328 g/mol. The van der Waals surface area contributed by atoms with Gasteiger partial charge in [0.2, 0.25) is 0 Å². The summed E-state index contributed by atoms with van der Waals surface area (Å²) in [5.41, 5.74) is 3.61. The Morgan fingerprint density at radius 3 is 2.48 bits per heavy atom. The lowest BCUT2D eigenvalue weighted by Crippen LogP contribution is -2.35. The summed E-state index contributed by atoms with van der Waals surface area (Å²) in [6.07, 6.45) is 6.70. The second-order valence-corrected chi connectivity index (χ2v) is 7.41. The van der Waals surface area contributed by atoms with E-state index in [0.717, 1.165) is 24.0 Å². The van der Waals surface area contributed by atoms with Gasteiger partial charge < -0.3 is 0 Å². The van der Waals surface area contributed by atoms with Gasteiger partial charge in [0.05, 0.1) is 12.1 Å². The highest BCUT2D eigenvalue weighted by Gasteiger charge is 2.47. The molecule has 0 bridgehead atoms. The van der Waals surface area contributed by atoms with Crippen LogP contribution in [0.5, 0.6) is 0 Å². The Morgan fingerprint density at radius 1 is 1.20 bits per heavy atom. The molecule has 25 heavy (non-hydrogen) atoms. The van der Waals surface area contributed by atoms with Gasteiger partial charge >= 0.3 is 0 Å². The lowest BCUT2D eigenvalue weighted by Gasteiger charge is -2.42. The Hall–Kier alpha value is -2.58. The molecule has 0 heterocycles. The Labute approximate surface area is 150 Å². The molecule has 2 heteroatoms. The van der Waals surface area contributed by atoms with Gasteiger partial charge in [-0.05, 0) is 49.7 Å². The summed E-state index contributed by atoms with van der Waals surface area (Å²) in [5, 5.41) is 19.9. The van der Waals surface area contributed by atoms with Crippen LogP contribution >= 0.6 is 0 Å². The van der Waals surface area contributed by atoms with Gasteiger partial charge in [-0.3, -0.25) is 0 Å². The van der Waals surface area contributed by atoms with Crippen LogP contribution in [-0.2, 0) is 0 Å². The van der Waals surface area contributed by atoms with Crippen LogP contribution in [0.15, 0.2) is 65.8 Å². The summed E-state index contributed by atoms with van der Waals surface area (Å²) in [7, 11) is 0. The van der Waals surface area contributed by atoms with Gasteiger partial charge in [-0.15, -0.1) is 0 Å². The average molecular weight is 328 g/mol. The van der Waals surface area contributed by atoms with E-state index in [1.54, 1.807) is 0 Å². The summed E-state index contributed by atoms with van der Waals surface area (Å²) in [6.45, 7) is 8.43. The predicted molar refractivity (Wildman–Crippen MR) is 100 cm³/mol. The molecule has 126 valence electrons. The van der Waals surface area contributed by atoms with E-state index < -0.39 is 5.41 Å². The molecule has 1 aromatic carbocycles. The van der Waals surface area contributed by atoms with Gasteiger partial charge in [0, 0.05) is 12.3 Å². The zero-order valence-corrected chi connectivity index (χ0v) is 15.0. The van der Waals surface area contributed by atoms with Gasteiger partial charge in [0.1, 0.15) is 0 Å². The van der Waals surface area contributed by atoms with Crippen LogP contribution in [0, 0.1) is 39.9 Å². The standard InChI is InChI=1S/C23H24N2/c1-16(2)19-12-11-17(3)22-21(19)20(18-8-5-4-6-9-18)10-7-13-23(22,14-24)15-25/h4-10,19-21H,1,11-13H2,2-3H3/t19-,20+,21+/m1/s1. The van der Waals surface area contributed by atoms with Gasteiger partial charge in [-0.25, -0.2) is 0 Å². The van der Waals surface area contributed by atoms with Crippen LogP contribution in [0.4, 0.5) is 0 Å². The molecule has 2 aliphatic rings. The summed E-state index contributed by atoms with van der Waals surface area (Å²) in [4.78, 5) is 0. The minimum absolute atomic E-state index is 0.131. The van der Waals surface area contributed by atoms with Crippen LogP contribution in [0.1, 0.15) is 44.6 Å². The SMILES string of the molecule is C=C(C)[C@H]1CCC(C)=C2[C@@H]1[C@H](c1ccccc1)C=CCC2(C#N)C#N. The summed E-state index contributed by atoms with van der Waals surface area (Å²) in [5.74, 6) is 0.608. The first kappa shape index (κ1) is 17.2. The highest BCUT2D eigenvalue weighted by atomic mass is 14.5. The fourth-order valence-electron chi connectivity index (χ4n) is 4.66. The molecule has 0 saturated heterocycles. The average Bonchev–Trinajstić information content (AvgIpc) is 2.80. The first-order chi connectivity index (χ1) is 12.0. The van der Waals surface area contributed by atoms with E-state index in [2.05, 4.69) is 62.9 Å². The zero-order chi connectivity index (χ0) is 18.0. The van der Waals surface area contributed by atoms with Crippen molar-refractivity contribution < 1.29 is 0 Å². The second kappa shape index (κ2) is 6.73. The Balaban J connectivity index is 2.25. The minimum atomic E-state index is -1.05. The van der Waals surface area contributed by atoms with Gasteiger partial charge in [-0.1, -0.05) is 60.2 Å². The van der Waals surface area contributed by atoms with Crippen LogP contribution < -0.4 is 0 Å². The normalized spacial score (nSPS) is 27.6. The quantitative estimate of drug-likeness (QED) is 0.655. The largest absolute Gasteiger partial charge is 0.196 e. The lowest BCUT2D eigenvalue weighted by molar-refractivity contribution is 0.321. The molecule has 2 nitrogen and oxygen atoms in total. The first-order valence-corrected chi connectivity index (χ1v) is 8.93. The van der Waals surface area contributed by atoms with Crippen molar-refractivity contribution in [3.8, 4) is 12.1 Å². The highest BCUT2D eigenvalue weighted by molar-refractivity contribution is 5.46. The molecule has 0 amide bonds. The van der Waals surface area contributed by atoms with Crippen molar-refractivity contribution >= 4 is 0 Å². The smallest absolute Gasteiger partial charge is 0.168 e. The molecular formula is C23H24N2. The topological polar surface area (TPSA) is 47.6 Å². The maximum absolute atomic E-state index is 9.94. The summed E-state index contributed by atoms with van der Waals surface area (Å²) >= 11 is 0. The molecule has 0 aliphatic heterocycles. The Morgan fingerprint density at radius 2 is 1.88 bits per heavy atom. The fourth-order valence-corrected chi connectivity index (χ4v) is 4.66. The number of nitriles is 2. The van der Waals surface area contributed by atoms with Gasteiger partial charge in [-0.2, -0.15) is 10.5 Å². The van der Waals surface area contributed by atoms with E-state index in [9.17, 15) is 10.5 Å². The predicted octanol–water partition coefficient (Wildman–Crippen LogP) is 5.68. The number of rotatable bonds is 2. The number of nitrogens with zero attached hydrogens (tertiary/aromatic N) is 2. The maximum atomic E-state index is 9.94. The van der Waals surface area contributed by atoms with Crippen LogP contribution in [0.25, 0.3) is 0 Å². The first-order valence-electron chi connectivity index (χ1n) is 8.93. The lowest BCUT2D eigenvalue weighted by atomic mass is 9.60. The van der Waals surface area contributed by atoms with Crippen molar-refractivity contribution in [2.24, 2.45) is 17.3 Å². The van der Waals surface area contributed by atoms with Crippen molar-refractivity contribution in [2.45, 2.75) is 39.0 Å². The molecule has 3 rings (SSSR count). The van der Waals surface area contributed by atoms with Crippen molar-refractivity contribution in [3.05, 3.63) is 71.3 Å². The van der Waals surface area contributed by atoms with Crippen LogP contribution in [-0.4, -0.2) is 0 Å². The third-order valence-corrected chi connectivity index (χ3v) is 5.87. The summed E-state index contributed by atoms with van der Waals surface area (Å²) < 4.78 is 0. The Bertz CT molecular complexity index is 800. The molecule has 0 fully saturated rings. The number of fused-ring (bicyclic) bond motifs is 1. The number of hydrogen-bond acceptors (Lipinski definition) is 2. The van der Waals surface area contributed by atoms with Crippen molar-refractivity contribution in [1.29, 1.82) is 10.5 Å². The molecule has 0 spiro atoms. The van der Waals surface area contributed by atoms with Crippen molar-refractivity contribution in [3.63, 3.8) is 0 Å². The second-order valence-electron chi connectivity index (χ2n) is 7.41. The highest BCUT2D eigenvalue weighted by Crippen LogP contribution is 2.54. The zero-order valence-electron chi connectivity index (χ0n) is 15.0. The van der Waals surface area contributed by atoms with Gasteiger partial charge in [0.25, 0.3) is 0 Å². The summed E-state index contributed by atoms with van der Waals surface area (Å²) in [6, 6.07) is 15.2. The third kappa shape index (κ3) is 2.83. The van der Waals surface area contributed by atoms with E-state index >= 15 is 0 Å². The fraction of sp³-hybridized carbons (Fsp3) is 0.391. The maximum Gasteiger partial charge on any atom is 0.168 e. The van der Waals surface area contributed by atoms with E-state index in [1.165, 1.54) is 11.1 Å². The van der Waals surface area contributed by atoms with E-state index in [1.807, 2.05) is 12.1 Å².